The normalized spacial score (nSPS) is 17.1. The Balaban J connectivity index is 1.92. The molecule has 1 aliphatic carbocycles. The second kappa shape index (κ2) is 5.64. The van der Waals surface area contributed by atoms with E-state index in [0.29, 0.717) is 5.75 Å². The van der Waals surface area contributed by atoms with E-state index in [1.54, 1.807) is 12.1 Å². The highest BCUT2D eigenvalue weighted by Gasteiger charge is 2.21. The maximum absolute atomic E-state index is 13.3. The molecule has 3 rings (SSSR count). The van der Waals surface area contributed by atoms with Crippen LogP contribution in [0.3, 0.4) is 0 Å². The van der Waals surface area contributed by atoms with Gasteiger partial charge in [-0.15, -0.1) is 0 Å². The molecule has 21 heavy (non-hydrogen) atoms. The van der Waals surface area contributed by atoms with Gasteiger partial charge in [0.15, 0.2) is 0 Å². The van der Waals surface area contributed by atoms with Crippen molar-refractivity contribution >= 4 is 5.69 Å². The number of phenolic OH excluding ortho intramolecular Hbond substituents is 1. The van der Waals surface area contributed by atoms with Crippen LogP contribution in [0, 0.1) is 5.82 Å². The zero-order valence-corrected chi connectivity index (χ0v) is 11.9. The molecule has 1 unspecified atom stereocenters. The van der Waals surface area contributed by atoms with E-state index in [2.05, 4.69) is 5.32 Å². The highest BCUT2D eigenvalue weighted by Crippen LogP contribution is 2.36. The molecule has 0 radical (unpaired) electrons. The molecule has 1 aliphatic rings. The van der Waals surface area contributed by atoms with Crippen molar-refractivity contribution in [1.82, 2.24) is 0 Å². The number of rotatable bonds is 3. The van der Waals surface area contributed by atoms with Crippen LogP contribution in [0.25, 0.3) is 0 Å². The number of hydrogen-bond acceptors (Lipinski definition) is 3. The van der Waals surface area contributed by atoms with Crippen LogP contribution in [0.2, 0.25) is 0 Å². The molecular weight excluding hydrogens is 269 g/mol. The van der Waals surface area contributed by atoms with E-state index < -0.39 is 0 Å². The summed E-state index contributed by atoms with van der Waals surface area (Å²) in [6, 6.07) is 10.1. The molecule has 2 N–H and O–H groups in total. The molecule has 0 fully saturated rings. The lowest BCUT2D eigenvalue weighted by Crippen LogP contribution is -2.17. The molecular formula is C17H18FNO2. The number of fused-ring (bicyclic) bond motifs is 1. The summed E-state index contributed by atoms with van der Waals surface area (Å²) in [5.74, 6) is 0.440. The van der Waals surface area contributed by atoms with Gasteiger partial charge in [0.05, 0.1) is 18.8 Å². The van der Waals surface area contributed by atoms with Gasteiger partial charge < -0.3 is 15.2 Å². The van der Waals surface area contributed by atoms with Gasteiger partial charge in [-0.3, -0.25) is 0 Å². The quantitative estimate of drug-likeness (QED) is 0.895. The Hall–Kier alpha value is -2.23. The number of nitrogens with one attached hydrogen (secondary N) is 1. The Morgan fingerprint density at radius 2 is 2.10 bits per heavy atom. The van der Waals surface area contributed by atoms with E-state index in [9.17, 15) is 9.50 Å². The molecule has 2 aromatic carbocycles. The van der Waals surface area contributed by atoms with E-state index in [1.807, 2.05) is 12.1 Å². The third-order valence-corrected chi connectivity index (χ3v) is 3.94. The molecule has 0 aromatic heterocycles. The van der Waals surface area contributed by atoms with Gasteiger partial charge in [0, 0.05) is 6.07 Å². The minimum Gasteiger partial charge on any atom is -0.508 e. The van der Waals surface area contributed by atoms with Crippen molar-refractivity contribution in [3.8, 4) is 11.5 Å². The van der Waals surface area contributed by atoms with Gasteiger partial charge in [-0.2, -0.15) is 0 Å². The number of anilines is 1. The first-order valence-electron chi connectivity index (χ1n) is 7.09. The molecule has 0 aliphatic heterocycles. The summed E-state index contributed by atoms with van der Waals surface area (Å²) in [7, 11) is 1.53. The zero-order chi connectivity index (χ0) is 14.8. The van der Waals surface area contributed by atoms with Crippen LogP contribution in [-0.2, 0) is 6.42 Å². The van der Waals surface area contributed by atoms with Crippen LogP contribution in [0.5, 0.6) is 11.5 Å². The Bertz CT molecular complexity index is 657. The van der Waals surface area contributed by atoms with Gasteiger partial charge in [0.2, 0.25) is 0 Å². The summed E-state index contributed by atoms with van der Waals surface area (Å²) in [6.07, 6.45) is 3.07. The van der Waals surface area contributed by atoms with Gasteiger partial charge in [-0.1, -0.05) is 6.07 Å². The molecule has 1 atom stereocenters. The van der Waals surface area contributed by atoms with Crippen LogP contribution in [-0.4, -0.2) is 12.2 Å². The maximum atomic E-state index is 13.3. The fourth-order valence-corrected chi connectivity index (χ4v) is 2.91. The molecule has 0 amide bonds. The average Bonchev–Trinajstić information content (AvgIpc) is 2.49. The van der Waals surface area contributed by atoms with Crippen LogP contribution >= 0.6 is 0 Å². The van der Waals surface area contributed by atoms with Gasteiger partial charge in [0.1, 0.15) is 17.3 Å². The maximum Gasteiger partial charge on any atom is 0.144 e. The first-order chi connectivity index (χ1) is 10.2. The van der Waals surface area contributed by atoms with E-state index in [0.717, 1.165) is 30.5 Å². The fraction of sp³-hybridized carbons (Fsp3) is 0.294. The number of benzene rings is 2. The Morgan fingerprint density at radius 1 is 1.24 bits per heavy atom. The number of methoxy groups -OCH3 is 1. The molecule has 3 nitrogen and oxygen atoms in total. The number of halogens is 1. The summed E-state index contributed by atoms with van der Waals surface area (Å²) in [5.41, 5.74) is 3.12. The molecule has 2 aromatic rings. The predicted molar refractivity (Wildman–Crippen MR) is 80.4 cm³/mol. The number of aromatic hydroxyl groups is 1. The number of hydrogen-bond donors (Lipinski definition) is 2. The second-order valence-corrected chi connectivity index (χ2v) is 5.32. The third kappa shape index (κ3) is 2.79. The molecule has 110 valence electrons. The zero-order valence-electron chi connectivity index (χ0n) is 11.9. The van der Waals surface area contributed by atoms with Crippen LogP contribution in [0.4, 0.5) is 10.1 Å². The predicted octanol–water partition coefficient (Wildman–Crippen LogP) is 4.03. The molecule has 0 saturated carbocycles. The van der Waals surface area contributed by atoms with Crippen molar-refractivity contribution in [3.05, 3.63) is 53.3 Å². The molecule has 4 heteroatoms. The smallest absolute Gasteiger partial charge is 0.144 e. The number of aryl methyl sites for hydroxylation is 1. The summed E-state index contributed by atoms with van der Waals surface area (Å²) in [4.78, 5) is 0. The molecule has 0 saturated heterocycles. The van der Waals surface area contributed by atoms with Crippen molar-refractivity contribution < 1.29 is 14.2 Å². The van der Waals surface area contributed by atoms with E-state index in [4.69, 9.17) is 4.74 Å². The lowest BCUT2D eigenvalue weighted by atomic mass is 9.87. The SMILES string of the molecule is COc1cc(F)ccc1NC1CCCc2ccc(O)cc21. The van der Waals surface area contributed by atoms with Gasteiger partial charge in [0.25, 0.3) is 0 Å². The topological polar surface area (TPSA) is 41.5 Å². The minimum atomic E-state index is -0.320. The van der Waals surface area contributed by atoms with Crippen LogP contribution in [0.15, 0.2) is 36.4 Å². The summed E-state index contributed by atoms with van der Waals surface area (Å²) in [6.45, 7) is 0. The van der Waals surface area contributed by atoms with Crippen molar-refractivity contribution in [2.45, 2.75) is 25.3 Å². The highest BCUT2D eigenvalue weighted by molar-refractivity contribution is 5.58. The van der Waals surface area contributed by atoms with Crippen LogP contribution < -0.4 is 10.1 Å². The lowest BCUT2D eigenvalue weighted by molar-refractivity contribution is 0.412. The van der Waals surface area contributed by atoms with Gasteiger partial charge in [-0.25, -0.2) is 4.39 Å². The summed E-state index contributed by atoms with van der Waals surface area (Å²) >= 11 is 0. The first kappa shape index (κ1) is 13.7. The largest absolute Gasteiger partial charge is 0.508 e. The van der Waals surface area contributed by atoms with Crippen molar-refractivity contribution in [2.75, 3.05) is 12.4 Å². The van der Waals surface area contributed by atoms with Crippen LogP contribution in [0.1, 0.15) is 30.0 Å². The lowest BCUT2D eigenvalue weighted by Gasteiger charge is -2.28. The van der Waals surface area contributed by atoms with Gasteiger partial charge >= 0.3 is 0 Å². The Labute approximate surface area is 123 Å². The first-order valence-corrected chi connectivity index (χ1v) is 7.09. The summed E-state index contributed by atoms with van der Waals surface area (Å²) in [5, 5.41) is 13.1. The number of phenols is 1. The third-order valence-electron chi connectivity index (χ3n) is 3.94. The Kier molecular flexibility index (Phi) is 3.69. The molecule has 0 bridgehead atoms. The van der Waals surface area contributed by atoms with E-state index >= 15 is 0 Å². The monoisotopic (exact) mass is 287 g/mol. The second-order valence-electron chi connectivity index (χ2n) is 5.32. The standard InChI is InChI=1S/C17H18FNO2/c1-21-17-9-12(18)6-8-16(17)19-15-4-2-3-11-5-7-13(20)10-14(11)15/h5-10,15,19-20H,2-4H2,1H3. The molecule has 0 heterocycles. The van der Waals surface area contributed by atoms with Crippen molar-refractivity contribution in [3.63, 3.8) is 0 Å². The van der Waals surface area contributed by atoms with Crippen molar-refractivity contribution in [1.29, 1.82) is 0 Å². The van der Waals surface area contributed by atoms with Gasteiger partial charge in [-0.05, 0) is 54.7 Å². The highest BCUT2D eigenvalue weighted by atomic mass is 19.1. The Morgan fingerprint density at radius 3 is 2.90 bits per heavy atom. The van der Waals surface area contributed by atoms with E-state index in [-0.39, 0.29) is 17.6 Å². The minimum absolute atomic E-state index is 0.0974. The fourth-order valence-electron chi connectivity index (χ4n) is 2.91. The van der Waals surface area contributed by atoms with E-state index in [1.165, 1.54) is 24.8 Å². The average molecular weight is 287 g/mol. The van der Waals surface area contributed by atoms with Crippen molar-refractivity contribution in [2.24, 2.45) is 0 Å². The number of ether oxygens (including phenoxy) is 1. The molecule has 0 spiro atoms. The summed E-state index contributed by atoms with van der Waals surface area (Å²) < 4.78 is 18.5.